The normalized spacial score (nSPS) is 17.0. The van der Waals surface area contributed by atoms with Crippen LogP contribution in [0.5, 0.6) is 0 Å². The number of rotatable bonds is 9. The van der Waals surface area contributed by atoms with Crippen LogP contribution >= 0.6 is 11.3 Å². The number of aldehydes is 1. The van der Waals surface area contributed by atoms with E-state index in [9.17, 15) is 4.79 Å². The molecule has 0 bridgehead atoms. The van der Waals surface area contributed by atoms with E-state index in [-0.39, 0.29) is 0 Å². The third-order valence-electron chi connectivity index (χ3n) is 5.67. The maximum atomic E-state index is 10.8. The van der Waals surface area contributed by atoms with E-state index in [2.05, 4.69) is 57.8 Å². The number of piperidine rings is 1. The first kappa shape index (κ1) is 20.1. The number of carbonyl (C=O) groups is 1. The summed E-state index contributed by atoms with van der Waals surface area (Å²) in [5.41, 5.74) is 9.44. The predicted octanol–water partition coefficient (Wildman–Crippen LogP) is 3.70. The van der Waals surface area contributed by atoms with Crippen LogP contribution < -0.4 is 10.6 Å². The van der Waals surface area contributed by atoms with Gasteiger partial charge in [0.05, 0.1) is 0 Å². The van der Waals surface area contributed by atoms with Crippen molar-refractivity contribution in [3.8, 4) is 0 Å². The standard InChI is InChI=1S/C22H31N3OS/c1-18(6-11-23)24-12-7-22(8-13-24)25(16-20-10-15-27-17-20)21-4-2-19(3-5-21)9-14-26/h2-5,10,14-15,17-18,22H,6-9,11-13,16,23H2,1H3/t18-/m1/s1. The van der Waals surface area contributed by atoms with Gasteiger partial charge < -0.3 is 20.3 Å². The molecule has 1 aliphatic rings. The van der Waals surface area contributed by atoms with Gasteiger partial charge in [0, 0.05) is 43.8 Å². The van der Waals surface area contributed by atoms with Gasteiger partial charge >= 0.3 is 0 Å². The molecule has 0 radical (unpaired) electrons. The van der Waals surface area contributed by atoms with Crippen LogP contribution in [0.15, 0.2) is 41.1 Å². The van der Waals surface area contributed by atoms with Gasteiger partial charge in [-0.15, -0.1) is 0 Å². The summed E-state index contributed by atoms with van der Waals surface area (Å²) in [5.74, 6) is 0. The van der Waals surface area contributed by atoms with Crippen LogP contribution in [0.3, 0.4) is 0 Å². The molecule has 3 rings (SSSR count). The van der Waals surface area contributed by atoms with E-state index < -0.39 is 0 Å². The highest BCUT2D eigenvalue weighted by molar-refractivity contribution is 7.07. The van der Waals surface area contributed by atoms with Crippen molar-refractivity contribution < 1.29 is 4.79 Å². The van der Waals surface area contributed by atoms with Crippen molar-refractivity contribution in [2.45, 2.75) is 51.2 Å². The zero-order valence-electron chi connectivity index (χ0n) is 16.2. The number of likely N-dealkylation sites (tertiary alicyclic amines) is 1. The smallest absolute Gasteiger partial charge is 0.124 e. The molecule has 0 aliphatic carbocycles. The van der Waals surface area contributed by atoms with Crippen LogP contribution in [0.4, 0.5) is 5.69 Å². The van der Waals surface area contributed by atoms with Gasteiger partial charge in [-0.25, -0.2) is 0 Å². The average Bonchev–Trinajstić information content (AvgIpc) is 3.21. The first-order valence-corrected chi connectivity index (χ1v) is 10.9. The zero-order valence-corrected chi connectivity index (χ0v) is 17.0. The van der Waals surface area contributed by atoms with Gasteiger partial charge in [0.2, 0.25) is 0 Å². The molecule has 1 fully saturated rings. The highest BCUT2D eigenvalue weighted by atomic mass is 32.1. The Balaban J connectivity index is 1.71. The highest BCUT2D eigenvalue weighted by Crippen LogP contribution is 2.27. The number of nitrogens with zero attached hydrogens (tertiary/aromatic N) is 2. The summed E-state index contributed by atoms with van der Waals surface area (Å²) in [6, 6.07) is 11.9. The molecular weight excluding hydrogens is 354 g/mol. The molecule has 27 heavy (non-hydrogen) atoms. The van der Waals surface area contributed by atoms with Crippen molar-refractivity contribution in [3.05, 3.63) is 52.2 Å². The lowest BCUT2D eigenvalue weighted by molar-refractivity contribution is -0.107. The molecule has 1 atom stereocenters. The average molecular weight is 386 g/mol. The lowest BCUT2D eigenvalue weighted by Gasteiger charge is -2.41. The fourth-order valence-corrected chi connectivity index (χ4v) is 4.65. The number of thiophene rings is 1. The molecule has 1 aromatic heterocycles. The number of nitrogens with two attached hydrogens (primary N) is 1. The van der Waals surface area contributed by atoms with E-state index in [0.717, 1.165) is 44.4 Å². The fourth-order valence-electron chi connectivity index (χ4n) is 3.99. The minimum Gasteiger partial charge on any atom is -0.364 e. The van der Waals surface area contributed by atoms with E-state index in [1.165, 1.54) is 24.1 Å². The minimum absolute atomic E-state index is 0.488. The van der Waals surface area contributed by atoms with Crippen molar-refractivity contribution >= 4 is 23.3 Å². The SMILES string of the molecule is C[C@H](CCN)N1CCC(N(Cc2ccsc2)c2ccc(CC=O)cc2)CC1. The number of carbonyl (C=O) groups excluding carboxylic acids is 1. The van der Waals surface area contributed by atoms with Gasteiger partial charge in [-0.2, -0.15) is 11.3 Å². The van der Waals surface area contributed by atoms with Crippen LogP contribution in [-0.2, 0) is 17.8 Å². The minimum atomic E-state index is 0.488. The van der Waals surface area contributed by atoms with Crippen LogP contribution in [-0.4, -0.2) is 42.9 Å². The first-order valence-electron chi connectivity index (χ1n) is 9.95. The molecular formula is C22H31N3OS. The quantitative estimate of drug-likeness (QED) is 0.669. The Labute approximate surface area is 167 Å². The zero-order chi connectivity index (χ0) is 19.1. The van der Waals surface area contributed by atoms with E-state index >= 15 is 0 Å². The maximum Gasteiger partial charge on any atom is 0.124 e. The second-order valence-electron chi connectivity index (χ2n) is 7.49. The predicted molar refractivity (Wildman–Crippen MR) is 114 cm³/mol. The molecule has 2 N–H and O–H groups in total. The fraction of sp³-hybridized carbons (Fsp3) is 0.500. The molecule has 2 aromatic rings. The molecule has 4 nitrogen and oxygen atoms in total. The Morgan fingerprint density at radius 1 is 1.22 bits per heavy atom. The van der Waals surface area contributed by atoms with Crippen molar-refractivity contribution in [3.63, 3.8) is 0 Å². The maximum absolute atomic E-state index is 10.8. The third-order valence-corrected chi connectivity index (χ3v) is 6.40. The first-order chi connectivity index (χ1) is 13.2. The van der Waals surface area contributed by atoms with Crippen molar-refractivity contribution in [1.82, 2.24) is 4.90 Å². The van der Waals surface area contributed by atoms with Crippen molar-refractivity contribution in [1.29, 1.82) is 0 Å². The number of hydrogen-bond acceptors (Lipinski definition) is 5. The van der Waals surface area contributed by atoms with Crippen LogP contribution in [0.25, 0.3) is 0 Å². The van der Waals surface area contributed by atoms with E-state index in [1.54, 1.807) is 11.3 Å². The van der Waals surface area contributed by atoms with E-state index in [0.29, 0.717) is 18.5 Å². The van der Waals surface area contributed by atoms with Crippen molar-refractivity contribution in [2.75, 3.05) is 24.5 Å². The molecule has 0 saturated carbocycles. The van der Waals surface area contributed by atoms with Crippen LogP contribution in [0.1, 0.15) is 37.3 Å². The monoisotopic (exact) mass is 385 g/mol. The lowest BCUT2D eigenvalue weighted by atomic mass is 9.99. The Bertz CT molecular complexity index is 678. The molecule has 1 aromatic carbocycles. The molecule has 0 amide bonds. The van der Waals surface area contributed by atoms with Gasteiger partial charge in [-0.1, -0.05) is 12.1 Å². The van der Waals surface area contributed by atoms with Gasteiger partial charge in [0.15, 0.2) is 0 Å². The summed E-state index contributed by atoms with van der Waals surface area (Å²) in [6.45, 7) is 6.27. The molecule has 0 unspecified atom stereocenters. The summed E-state index contributed by atoms with van der Waals surface area (Å²) in [7, 11) is 0. The summed E-state index contributed by atoms with van der Waals surface area (Å²) in [4.78, 5) is 15.9. The number of anilines is 1. The molecule has 1 aliphatic heterocycles. The van der Waals surface area contributed by atoms with Crippen LogP contribution in [0.2, 0.25) is 0 Å². The van der Waals surface area contributed by atoms with Gasteiger partial charge in [-0.3, -0.25) is 0 Å². The topological polar surface area (TPSA) is 49.6 Å². The second-order valence-corrected chi connectivity index (χ2v) is 8.27. The lowest BCUT2D eigenvalue weighted by Crippen LogP contribution is -2.47. The van der Waals surface area contributed by atoms with Crippen molar-refractivity contribution in [2.24, 2.45) is 5.73 Å². The van der Waals surface area contributed by atoms with Crippen LogP contribution in [0, 0.1) is 0 Å². The summed E-state index contributed by atoms with van der Waals surface area (Å²) < 4.78 is 0. The second kappa shape index (κ2) is 10.0. The largest absolute Gasteiger partial charge is 0.364 e. The Morgan fingerprint density at radius 2 is 1.96 bits per heavy atom. The van der Waals surface area contributed by atoms with E-state index in [4.69, 9.17) is 5.73 Å². The van der Waals surface area contributed by atoms with E-state index in [1.807, 2.05) is 0 Å². The number of benzene rings is 1. The van der Waals surface area contributed by atoms with Gasteiger partial charge in [0.25, 0.3) is 0 Å². The molecule has 2 heterocycles. The summed E-state index contributed by atoms with van der Waals surface area (Å²) >= 11 is 1.76. The molecule has 0 spiro atoms. The Morgan fingerprint density at radius 3 is 2.56 bits per heavy atom. The third kappa shape index (κ3) is 5.41. The summed E-state index contributed by atoms with van der Waals surface area (Å²) in [5, 5.41) is 4.39. The molecule has 1 saturated heterocycles. The molecule has 5 heteroatoms. The number of hydrogen-bond donors (Lipinski definition) is 1. The highest BCUT2D eigenvalue weighted by Gasteiger charge is 2.27. The summed E-state index contributed by atoms with van der Waals surface area (Å²) in [6.07, 6.45) is 4.88. The van der Waals surface area contributed by atoms with Gasteiger partial charge in [-0.05, 0) is 72.8 Å². The molecule has 146 valence electrons. The Hall–Kier alpha value is -1.69. The Kier molecular flexibility index (Phi) is 7.44. The van der Waals surface area contributed by atoms with Gasteiger partial charge in [0.1, 0.15) is 6.29 Å².